The van der Waals surface area contributed by atoms with E-state index in [1.54, 1.807) is 6.07 Å². The Kier molecular flexibility index (Phi) is 6.79. The van der Waals surface area contributed by atoms with Crippen LogP contribution in [0.4, 0.5) is 18.9 Å². The molecule has 0 aromatic heterocycles. The average Bonchev–Trinajstić information content (AvgIpc) is 3.62. The second kappa shape index (κ2) is 9.57. The second-order valence-corrected chi connectivity index (χ2v) is 9.25. The van der Waals surface area contributed by atoms with Crippen LogP contribution in [0.1, 0.15) is 72.4 Å². The van der Waals surface area contributed by atoms with Crippen molar-refractivity contribution in [3.8, 4) is 6.07 Å². The molecule has 0 bridgehead atoms. The van der Waals surface area contributed by atoms with E-state index in [1.807, 2.05) is 6.07 Å². The molecule has 1 fully saturated rings. The van der Waals surface area contributed by atoms with Gasteiger partial charge in [-0.3, -0.25) is 0 Å². The van der Waals surface area contributed by atoms with Crippen LogP contribution < -0.4 is 4.90 Å². The maximum absolute atomic E-state index is 13.3. The maximum atomic E-state index is 13.3. The Labute approximate surface area is 189 Å². The van der Waals surface area contributed by atoms with Gasteiger partial charge < -0.3 is 4.90 Å². The summed E-state index contributed by atoms with van der Waals surface area (Å²) in [7, 11) is 0. The number of anilines is 1. The van der Waals surface area contributed by atoms with E-state index in [1.165, 1.54) is 60.5 Å². The Bertz CT molecular complexity index is 999. The molecule has 0 heterocycles. The molecule has 2 aliphatic rings. The second-order valence-electron chi connectivity index (χ2n) is 9.25. The van der Waals surface area contributed by atoms with E-state index in [0.29, 0.717) is 18.4 Å². The Morgan fingerprint density at radius 2 is 1.84 bits per heavy atom. The topological polar surface area (TPSA) is 27.0 Å². The minimum atomic E-state index is -4.44. The summed E-state index contributed by atoms with van der Waals surface area (Å²) in [6.07, 6.45) is 5.14. The molecule has 5 heteroatoms. The number of alkyl halides is 3. The molecule has 0 N–H and O–H groups in total. The van der Waals surface area contributed by atoms with E-state index in [0.717, 1.165) is 37.9 Å². The number of rotatable bonds is 8. The lowest BCUT2D eigenvalue weighted by Gasteiger charge is -2.30. The van der Waals surface area contributed by atoms with Gasteiger partial charge in [-0.1, -0.05) is 18.9 Å². The number of benzene rings is 2. The highest BCUT2D eigenvalue weighted by atomic mass is 19.4. The van der Waals surface area contributed by atoms with Gasteiger partial charge in [0.2, 0.25) is 0 Å². The molecular weight excluding hydrogens is 409 g/mol. The number of aryl methyl sites for hydroxylation is 2. The Balaban J connectivity index is 1.64. The molecule has 0 unspecified atom stereocenters. The van der Waals surface area contributed by atoms with Crippen molar-refractivity contribution in [2.45, 2.75) is 70.9 Å². The fourth-order valence-corrected chi connectivity index (χ4v) is 4.99. The van der Waals surface area contributed by atoms with E-state index in [9.17, 15) is 18.4 Å². The number of halogens is 3. The maximum Gasteiger partial charge on any atom is 0.416 e. The van der Waals surface area contributed by atoms with Crippen molar-refractivity contribution in [3.63, 3.8) is 0 Å². The summed E-state index contributed by atoms with van der Waals surface area (Å²) in [6, 6.07) is 10.2. The predicted octanol–water partition coefficient (Wildman–Crippen LogP) is 6.87. The van der Waals surface area contributed by atoms with Crippen molar-refractivity contribution >= 4 is 5.69 Å². The smallest absolute Gasteiger partial charge is 0.372 e. The van der Waals surface area contributed by atoms with Crippen LogP contribution in [-0.2, 0) is 31.9 Å². The Morgan fingerprint density at radius 3 is 2.53 bits per heavy atom. The number of hydrogen-bond acceptors (Lipinski definition) is 2. The molecule has 0 aliphatic heterocycles. The van der Waals surface area contributed by atoms with Crippen LogP contribution in [0.5, 0.6) is 0 Å². The largest absolute Gasteiger partial charge is 0.416 e. The molecule has 0 amide bonds. The molecule has 0 atom stereocenters. The van der Waals surface area contributed by atoms with Crippen LogP contribution in [0.3, 0.4) is 0 Å². The quantitative estimate of drug-likeness (QED) is 0.448. The lowest BCUT2D eigenvalue weighted by atomic mass is 9.85. The predicted molar refractivity (Wildman–Crippen MR) is 122 cm³/mol. The van der Waals surface area contributed by atoms with Crippen LogP contribution in [0.25, 0.3) is 0 Å². The van der Waals surface area contributed by atoms with Crippen LogP contribution in [0, 0.1) is 17.2 Å². The summed E-state index contributed by atoms with van der Waals surface area (Å²) in [5.74, 6) is 0.861. The molecule has 2 aromatic rings. The van der Waals surface area contributed by atoms with Crippen LogP contribution in [0.2, 0.25) is 0 Å². The lowest BCUT2D eigenvalue weighted by Crippen LogP contribution is -2.26. The first kappa shape index (κ1) is 22.7. The molecule has 1 saturated carbocycles. The van der Waals surface area contributed by atoms with E-state index in [-0.39, 0.29) is 5.56 Å². The van der Waals surface area contributed by atoms with Gasteiger partial charge in [-0.2, -0.15) is 18.4 Å². The highest BCUT2D eigenvalue weighted by Gasteiger charge is 2.31. The van der Waals surface area contributed by atoms with Gasteiger partial charge in [-0.05, 0) is 104 Å². The van der Waals surface area contributed by atoms with Crippen molar-refractivity contribution < 1.29 is 13.2 Å². The van der Waals surface area contributed by atoms with Crippen molar-refractivity contribution in [2.75, 3.05) is 18.0 Å². The first-order valence-electron chi connectivity index (χ1n) is 11.9. The molecule has 2 aliphatic carbocycles. The first-order chi connectivity index (χ1) is 15.4. The van der Waals surface area contributed by atoms with E-state index in [2.05, 4.69) is 24.0 Å². The molecule has 0 spiro atoms. The van der Waals surface area contributed by atoms with E-state index < -0.39 is 11.7 Å². The van der Waals surface area contributed by atoms with Gasteiger partial charge in [0.25, 0.3) is 0 Å². The third-order valence-electron chi connectivity index (χ3n) is 6.97. The molecule has 2 nitrogen and oxygen atoms in total. The van der Waals surface area contributed by atoms with Gasteiger partial charge in [-0.25, -0.2) is 0 Å². The Morgan fingerprint density at radius 1 is 1.06 bits per heavy atom. The van der Waals surface area contributed by atoms with Crippen LogP contribution in [-0.4, -0.2) is 13.1 Å². The van der Waals surface area contributed by atoms with Crippen molar-refractivity contribution in [3.05, 3.63) is 63.7 Å². The summed E-state index contributed by atoms with van der Waals surface area (Å²) in [4.78, 5) is 2.45. The van der Waals surface area contributed by atoms with Gasteiger partial charge in [0.05, 0.1) is 17.2 Å². The van der Waals surface area contributed by atoms with E-state index >= 15 is 0 Å². The SMILES string of the molecule is CCN(CCC1CC1)c1ccc2c(c1CCc1cc(C#N)cc(C(F)(F)F)c1)CCCC2. The van der Waals surface area contributed by atoms with Crippen molar-refractivity contribution in [2.24, 2.45) is 5.92 Å². The van der Waals surface area contributed by atoms with Crippen molar-refractivity contribution in [1.82, 2.24) is 0 Å². The van der Waals surface area contributed by atoms with Gasteiger partial charge in [-0.15, -0.1) is 0 Å². The normalized spacial score (nSPS) is 15.8. The van der Waals surface area contributed by atoms with Gasteiger partial charge >= 0.3 is 6.18 Å². The van der Waals surface area contributed by atoms with Gasteiger partial charge in [0.1, 0.15) is 0 Å². The van der Waals surface area contributed by atoms with Gasteiger partial charge in [0.15, 0.2) is 0 Å². The molecular formula is C27H31F3N2. The fraction of sp³-hybridized carbons (Fsp3) is 0.519. The Hall–Kier alpha value is -2.48. The van der Waals surface area contributed by atoms with Crippen LogP contribution in [0.15, 0.2) is 30.3 Å². The minimum Gasteiger partial charge on any atom is -0.372 e. The highest BCUT2D eigenvalue weighted by molar-refractivity contribution is 5.60. The molecule has 170 valence electrons. The average molecular weight is 441 g/mol. The molecule has 0 radical (unpaired) electrons. The monoisotopic (exact) mass is 440 g/mol. The zero-order chi connectivity index (χ0) is 22.7. The van der Waals surface area contributed by atoms with E-state index in [4.69, 9.17) is 0 Å². The number of nitriles is 1. The van der Waals surface area contributed by atoms with Crippen molar-refractivity contribution in [1.29, 1.82) is 5.26 Å². The summed E-state index contributed by atoms with van der Waals surface area (Å²) in [5, 5.41) is 9.23. The summed E-state index contributed by atoms with van der Waals surface area (Å²) >= 11 is 0. The summed E-state index contributed by atoms with van der Waals surface area (Å²) in [5.41, 5.74) is 5.28. The summed E-state index contributed by atoms with van der Waals surface area (Å²) in [6.45, 7) is 4.15. The standard InChI is InChI=1S/C27H31F3N2/c1-2-32(14-13-19-7-8-19)26-12-10-22-5-3-4-6-24(22)25(26)11-9-20-15-21(18-31)17-23(16-20)27(28,29)30/h10,12,15-17,19H,2-9,11,13-14H2,1H3. The molecule has 32 heavy (non-hydrogen) atoms. The zero-order valence-corrected chi connectivity index (χ0v) is 18.8. The number of nitrogens with zero attached hydrogens (tertiary/aromatic N) is 2. The summed E-state index contributed by atoms with van der Waals surface area (Å²) < 4.78 is 40.0. The third kappa shape index (κ3) is 5.28. The number of hydrogen-bond donors (Lipinski definition) is 0. The molecule has 0 saturated heterocycles. The lowest BCUT2D eigenvalue weighted by molar-refractivity contribution is -0.137. The first-order valence-corrected chi connectivity index (χ1v) is 11.9. The minimum absolute atomic E-state index is 0.0738. The molecule has 4 rings (SSSR count). The third-order valence-corrected chi connectivity index (χ3v) is 6.97. The molecule has 2 aromatic carbocycles. The fourth-order valence-electron chi connectivity index (χ4n) is 4.99. The number of fused-ring (bicyclic) bond motifs is 1. The van der Waals surface area contributed by atoms with Gasteiger partial charge in [0, 0.05) is 18.8 Å². The highest BCUT2D eigenvalue weighted by Crippen LogP contribution is 2.36. The van der Waals surface area contributed by atoms with Crippen LogP contribution >= 0.6 is 0 Å². The zero-order valence-electron chi connectivity index (χ0n) is 18.8.